The Balaban J connectivity index is 1.84. The fourth-order valence-corrected chi connectivity index (χ4v) is 3.77. The van der Waals surface area contributed by atoms with Crippen LogP contribution in [0.1, 0.15) is 39.0 Å². The van der Waals surface area contributed by atoms with Crippen LogP contribution in [0.25, 0.3) is 10.2 Å². The second-order valence-electron chi connectivity index (χ2n) is 5.58. The van der Waals surface area contributed by atoms with Crippen LogP contribution in [0.4, 0.5) is 5.69 Å². The average Bonchev–Trinajstić information content (AvgIpc) is 2.78. The molecular formula is C15H19ClN2S. The molecule has 2 unspecified atom stereocenters. The SMILES string of the molecule is CC1CCCC(Nc2c(Cl)ccc3scnc23)CC1. The molecule has 1 heterocycles. The first-order chi connectivity index (χ1) is 9.24. The first-order valence-corrected chi connectivity index (χ1v) is 8.28. The number of fused-ring (bicyclic) bond motifs is 1. The van der Waals surface area contributed by atoms with Gasteiger partial charge in [-0.25, -0.2) is 4.98 Å². The summed E-state index contributed by atoms with van der Waals surface area (Å²) in [7, 11) is 0. The third-order valence-electron chi connectivity index (χ3n) is 4.06. The molecule has 3 rings (SSSR count). The van der Waals surface area contributed by atoms with Crippen LogP contribution in [0.5, 0.6) is 0 Å². The molecule has 0 saturated heterocycles. The van der Waals surface area contributed by atoms with E-state index in [0.29, 0.717) is 6.04 Å². The van der Waals surface area contributed by atoms with E-state index in [4.69, 9.17) is 11.6 Å². The third kappa shape index (κ3) is 2.87. The molecule has 0 radical (unpaired) electrons. The van der Waals surface area contributed by atoms with Gasteiger partial charge in [0.15, 0.2) is 0 Å². The smallest absolute Gasteiger partial charge is 0.106 e. The molecule has 0 amide bonds. The van der Waals surface area contributed by atoms with E-state index in [2.05, 4.69) is 23.3 Å². The van der Waals surface area contributed by atoms with Crippen molar-refractivity contribution < 1.29 is 0 Å². The van der Waals surface area contributed by atoms with E-state index in [1.807, 2.05) is 11.6 Å². The monoisotopic (exact) mass is 294 g/mol. The van der Waals surface area contributed by atoms with Crippen molar-refractivity contribution in [2.45, 2.75) is 45.1 Å². The van der Waals surface area contributed by atoms with Gasteiger partial charge in [-0.1, -0.05) is 31.4 Å². The average molecular weight is 295 g/mol. The molecule has 0 aliphatic heterocycles. The maximum atomic E-state index is 6.35. The van der Waals surface area contributed by atoms with Crippen molar-refractivity contribution in [1.29, 1.82) is 0 Å². The van der Waals surface area contributed by atoms with Crippen molar-refractivity contribution in [1.82, 2.24) is 4.98 Å². The van der Waals surface area contributed by atoms with E-state index in [1.54, 1.807) is 11.3 Å². The maximum absolute atomic E-state index is 6.35. The Hall–Kier alpha value is -0.800. The van der Waals surface area contributed by atoms with Gasteiger partial charge in [-0.05, 0) is 37.3 Å². The fourth-order valence-electron chi connectivity index (χ4n) is 2.88. The summed E-state index contributed by atoms with van der Waals surface area (Å²) < 4.78 is 1.20. The quantitative estimate of drug-likeness (QED) is 0.757. The minimum absolute atomic E-state index is 0.537. The minimum atomic E-state index is 0.537. The zero-order valence-corrected chi connectivity index (χ0v) is 12.7. The maximum Gasteiger partial charge on any atom is 0.106 e. The van der Waals surface area contributed by atoms with E-state index in [1.165, 1.54) is 36.8 Å². The van der Waals surface area contributed by atoms with Crippen molar-refractivity contribution in [3.63, 3.8) is 0 Å². The van der Waals surface area contributed by atoms with Crippen LogP contribution in [-0.2, 0) is 0 Å². The van der Waals surface area contributed by atoms with Crippen molar-refractivity contribution in [2.24, 2.45) is 5.92 Å². The lowest BCUT2D eigenvalue weighted by molar-refractivity contribution is 0.502. The zero-order valence-electron chi connectivity index (χ0n) is 11.2. The number of benzene rings is 1. The standard InChI is InChI=1S/C15H19ClN2S/c1-10-3-2-4-11(6-5-10)18-14-12(16)7-8-13-15(14)17-9-19-13/h7-11,18H,2-6H2,1H3. The highest BCUT2D eigenvalue weighted by Gasteiger charge is 2.18. The number of anilines is 1. The Kier molecular flexibility index (Phi) is 3.94. The van der Waals surface area contributed by atoms with Crippen LogP contribution in [0, 0.1) is 5.92 Å². The summed E-state index contributed by atoms with van der Waals surface area (Å²) in [6.45, 7) is 2.36. The number of thiazole rings is 1. The van der Waals surface area contributed by atoms with E-state index >= 15 is 0 Å². The molecule has 1 aromatic heterocycles. The number of halogens is 1. The predicted octanol–water partition coefficient (Wildman–Crippen LogP) is 5.33. The molecule has 19 heavy (non-hydrogen) atoms. The molecule has 1 fully saturated rings. The number of nitrogens with zero attached hydrogens (tertiary/aromatic N) is 1. The van der Waals surface area contributed by atoms with Gasteiger partial charge in [0.05, 0.1) is 20.9 Å². The highest BCUT2D eigenvalue weighted by Crippen LogP contribution is 2.34. The molecule has 2 aromatic rings. The summed E-state index contributed by atoms with van der Waals surface area (Å²) in [5.41, 5.74) is 3.94. The molecule has 0 bridgehead atoms. The lowest BCUT2D eigenvalue weighted by atomic mass is 10.0. The van der Waals surface area contributed by atoms with Crippen LogP contribution in [0.15, 0.2) is 17.6 Å². The van der Waals surface area contributed by atoms with E-state index in [0.717, 1.165) is 22.1 Å². The number of rotatable bonds is 2. The molecular weight excluding hydrogens is 276 g/mol. The van der Waals surface area contributed by atoms with E-state index in [9.17, 15) is 0 Å². The van der Waals surface area contributed by atoms with Crippen molar-refractivity contribution in [3.05, 3.63) is 22.7 Å². The molecule has 1 aliphatic rings. The molecule has 102 valence electrons. The molecule has 2 atom stereocenters. The van der Waals surface area contributed by atoms with Gasteiger partial charge in [-0.15, -0.1) is 11.3 Å². The molecule has 1 saturated carbocycles. The predicted molar refractivity (Wildman–Crippen MR) is 84.3 cm³/mol. The topological polar surface area (TPSA) is 24.9 Å². The van der Waals surface area contributed by atoms with Crippen LogP contribution < -0.4 is 5.32 Å². The van der Waals surface area contributed by atoms with Crippen LogP contribution in [0.3, 0.4) is 0 Å². The lowest BCUT2D eigenvalue weighted by Gasteiger charge is -2.19. The van der Waals surface area contributed by atoms with Gasteiger partial charge < -0.3 is 5.32 Å². The summed E-state index contributed by atoms with van der Waals surface area (Å²) in [6, 6.07) is 4.56. The van der Waals surface area contributed by atoms with E-state index in [-0.39, 0.29) is 0 Å². The first-order valence-electron chi connectivity index (χ1n) is 7.02. The molecule has 1 N–H and O–H groups in total. The Morgan fingerprint density at radius 1 is 1.26 bits per heavy atom. The molecule has 4 heteroatoms. The molecule has 2 nitrogen and oxygen atoms in total. The second kappa shape index (κ2) is 5.68. The fraction of sp³-hybridized carbons (Fsp3) is 0.533. The lowest BCUT2D eigenvalue weighted by Crippen LogP contribution is -2.18. The highest BCUT2D eigenvalue weighted by molar-refractivity contribution is 7.16. The van der Waals surface area contributed by atoms with Crippen LogP contribution in [0.2, 0.25) is 5.02 Å². The molecule has 1 aromatic carbocycles. The van der Waals surface area contributed by atoms with Crippen LogP contribution >= 0.6 is 22.9 Å². The van der Waals surface area contributed by atoms with E-state index < -0.39 is 0 Å². The highest BCUT2D eigenvalue weighted by atomic mass is 35.5. The third-order valence-corrected chi connectivity index (χ3v) is 5.17. The summed E-state index contributed by atoms with van der Waals surface area (Å²) in [6.07, 6.45) is 6.44. The Morgan fingerprint density at radius 3 is 3.05 bits per heavy atom. The van der Waals surface area contributed by atoms with Gasteiger partial charge in [0.25, 0.3) is 0 Å². The Labute approximate surface area is 123 Å². The normalized spacial score (nSPS) is 24.3. The summed E-state index contributed by atoms with van der Waals surface area (Å²) in [4.78, 5) is 4.45. The van der Waals surface area contributed by atoms with Gasteiger partial charge in [-0.2, -0.15) is 0 Å². The minimum Gasteiger partial charge on any atom is -0.379 e. The van der Waals surface area contributed by atoms with Gasteiger partial charge in [0, 0.05) is 6.04 Å². The second-order valence-corrected chi connectivity index (χ2v) is 6.87. The van der Waals surface area contributed by atoms with Crippen molar-refractivity contribution >= 4 is 38.8 Å². The van der Waals surface area contributed by atoms with Crippen molar-refractivity contribution in [3.8, 4) is 0 Å². The largest absolute Gasteiger partial charge is 0.379 e. The van der Waals surface area contributed by atoms with Crippen LogP contribution in [-0.4, -0.2) is 11.0 Å². The number of nitrogens with one attached hydrogen (secondary N) is 1. The van der Waals surface area contributed by atoms with Gasteiger partial charge in [0.2, 0.25) is 0 Å². The molecule has 0 spiro atoms. The Morgan fingerprint density at radius 2 is 2.16 bits per heavy atom. The van der Waals surface area contributed by atoms with Crippen molar-refractivity contribution in [2.75, 3.05) is 5.32 Å². The number of hydrogen-bond donors (Lipinski definition) is 1. The zero-order chi connectivity index (χ0) is 13.2. The molecule has 1 aliphatic carbocycles. The first kappa shape index (κ1) is 13.2. The summed E-state index contributed by atoms with van der Waals surface area (Å²) >= 11 is 8.02. The number of aromatic nitrogens is 1. The van der Waals surface area contributed by atoms with Gasteiger partial charge in [0.1, 0.15) is 5.52 Å². The summed E-state index contributed by atoms with van der Waals surface area (Å²) in [5, 5.41) is 4.44. The summed E-state index contributed by atoms with van der Waals surface area (Å²) in [5.74, 6) is 0.859. The van der Waals surface area contributed by atoms with Gasteiger partial charge >= 0.3 is 0 Å². The Bertz CT molecular complexity index is 566. The van der Waals surface area contributed by atoms with Gasteiger partial charge in [-0.3, -0.25) is 0 Å². The number of hydrogen-bond acceptors (Lipinski definition) is 3.